The minimum Gasteiger partial charge on any atom is -0.871 e. The minimum atomic E-state index is -5.78. The van der Waals surface area contributed by atoms with E-state index in [2.05, 4.69) is 0 Å². The number of hydrogen-bond acceptors (Lipinski definition) is 7. The van der Waals surface area contributed by atoms with E-state index < -0.39 is 146 Å². The highest BCUT2D eigenvalue weighted by atomic mass is 32.2. The van der Waals surface area contributed by atoms with Crippen molar-refractivity contribution >= 4 is 71.2 Å². The van der Waals surface area contributed by atoms with Gasteiger partial charge in [-0.15, -0.1) is 0 Å². The van der Waals surface area contributed by atoms with Crippen LogP contribution < -0.4 is 24.0 Å². The van der Waals surface area contributed by atoms with Crippen molar-refractivity contribution < 1.29 is 61.9 Å². The van der Waals surface area contributed by atoms with Crippen LogP contribution in [-0.4, -0.2) is 28.3 Å². The number of hydrogen-bond donors (Lipinski definition) is 2. The monoisotopic (exact) mass is 1300 g/mol. The van der Waals surface area contributed by atoms with Gasteiger partial charge in [0.2, 0.25) is 17.1 Å². The molecule has 2 aliphatic carbocycles. The van der Waals surface area contributed by atoms with E-state index in [1.54, 1.807) is 107 Å². The van der Waals surface area contributed by atoms with Gasteiger partial charge in [-0.3, -0.25) is 14.2 Å². The first-order chi connectivity index (χ1) is 43.9. The van der Waals surface area contributed by atoms with Crippen molar-refractivity contribution in [3.05, 3.63) is 242 Å². The second kappa shape index (κ2) is 28.9. The first kappa shape index (κ1) is 67.8. The van der Waals surface area contributed by atoms with Gasteiger partial charge in [0.05, 0.1) is 11.4 Å². The molecule has 0 radical (unpaired) electrons. The molecule has 0 amide bonds. The number of Topliss-reactive ketones (excluding diaryl/α,β-unsaturated/α-hetero) is 1. The Hall–Kier alpha value is -8.62. The molecule has 0 aliphatic heterocycles. The summed E-state index contributed by atoms with van der Waals surface area (Å²) in [4.78, 5) is 12.7. The number of sulfonamides is 2. The quantitative estimate of drug-likeness (QED) is 0.0181. The van der Waals surface area contributed by atoms with Gasteiger partial charge in [-0.25, -0.2) is 52.0 Å². The van der Waals surface area contributed by atoms with E-state index in [0.29, 0.717) is 48.4 Å². The second-order valence-electron chi connectivity index (χ2n) is 23.3. The number of allylic oxidation sites excluding steroid dienone is 5. The highest BCUT2D eigenvalue weighted by Crippen LogP contribution is 2.46. The summed E-state index contributed by atoms with van der Waals surface area (Å²) in [5.74, 6) is -19.1. The Morgan fingerprint density at radius 2 is 0.837 bits per heavy atom. The predicted molar refractivity (Wildman–Crippen MR) is 343 cm³/mol. The molecule has 10 nitrogen and oxygen atoms in total. The molecule has 7 aromatic rings. The Morgan fingerprint density at radius 1 is 0.457 bits per heavy atom. The van der Waals surface area contributed by atoms with Crippen LogP contribution in [0.5, 0.6) is 0 Å². The first-order valence-electron chi connectivity index (χ1n) is 30.6. The van der Waals surface area contributed by atoms with Gasteiger partial charge in [0.25, 0.3) is 20.0 Å². The SMILES string of the molecule is CCCCCCCCc1c(F)c(F)c(S(=O)(=O)NC2=CC(=[N+](c3ccc(C)cc3)c3ccc(C)cc3)C=C/C2=C2\C(=O)C(c3ccc(N(c4ccc(C)cc4)c4ccc(C)cc4)cc3NS(=O)(=O)c3c(F)c(F)c(CCCCCCCC)c(F)c3F)=C2[O-])c(F)c1F. The first-order valence-corrected chi connectivity index (χ1v) is 33.6. The van der Waals surface area contributed by atoms with Gasteiger partial charge in [-0.2, -0.15) is 4.58 Å². The average molecular weight is 1300 g/mol. The van der Waals surface area contributed by atoms with Crippen LogP contribution in [-0.2, 0) is 37.7 Å². The molecule has 0 unspecified atom stereocenters. The predicted octanol–water partition coefficient (Wildman–Crippen LogP) is 17.5. The molecule has 20 heteroatoms. The van der Waals surface area contributed by atoms with Crippen LogP contribution in [0.4, 0.5) is 69.2 Å². The average Bonchev–Trinajstić information content (AvgIpc) is 0.733. The van der Waals surface area contributed by atoms with E-state index in [0.717, 1.165) is 85.1 Å². The number of halogens is 8. The Labute approximate surface area is 532 Å². The second-order valence-corrected chi connectivity index (χ2v) is 26.5. The Bertz CT molecular complexity index is 4220. The lowest BCUT2D eigenvalue weighted by atomic mass is 9.79. The fraction of sp³-hybridized carbons (Fsp3) is 0.278. The van der Waals surface area contributed by atoms with Gasteiger partial charge in [-0.1, -0.05) is 161 Å². The molecule has 9 rings (SSSR count). The van der Waals surface area contributed by atoms with Crippen LogP contribution in [0.25, 0.3) is 5.57 Å². The van der Waals surface area contributed by atoms with Crippen LogP contribution in [0.15, 0.2) is 166 Å². The van der Waals surface area contributed by atoms with Crippen molar-refractivity contribution in [3.63, 3.8) is 0 Å². The lowest BCUT2D eigenvalue weighted by Gasteiger charge is -2.35. The number of rotatable bonds is 26. The number of unbranched alkanes of at least 4 members (excludes halogenated alkanes) is 10. The lowest BCUT2D eigenvalue weighted by molar-refractivity contribution is -0.297. The molecule has 0 heterocycles. The number of carbonyl (C=O) groups is 1. The minimum absolute atomic E-state index is 0.123. The lowest BCUT2D eigenvalue weighted by Crippen LogP contribution is -2.35. The van der Waals surface area contributed by atoms with E-state index in [9.17, 15) is 16.8 Å². The molecule has 92 heavy (non-hydrogen) atoms. The van der Waals surface area contributed by atoms with Crippen molar-refractivity contribution in [1.29, 1.82) is 0 Å². The molecule has 0 spiro atoms. The zero-order valence-corrected chi connectivity index (χ0v) is 53.4. The summed E-state index contributed by atoms with van der Waals surface area (Å²) in [5, 5.41) is 15.1. The molecule has 0 bridgehead atoms. The maximum Gasteiger partial charge on any atom is 0.268 e. The van der Waals surface area contributed by atoms with Crippen molar-refractivity contribution in [2.75, 3.05) is 9.62 Å². The van der Waals surface area contributed by atoms with E-state index in [1.165, 1.54) is 12.1 Å². The van der Waals surface area contributed by atoms with Gasteiger partial charge in [0, 0.05) is 86.9 Å². The molecular formula is C72H70F8N4O6S2. The number of anilines is 4. The molecule has 2 N–H and O–H groups in total. The summed E-state index contributed by atoms with van der Waals surface area (Å²) >= 11 is 0. The topological polar surface area (TPSA) is 139 Å². The van der Waals surface area contributed by atoms with Crippen LogP contribution in [0.2, 0.25) is 0 Å². The summed E-state index contributed by atoms with van der Waals surface area (Å²) < 4.78 is 193. The molecule has 0 saturated heterocycles. The third-order valence-corrected chi connectivity index (χ3v) is 19.1. The van der Waals surface area contributed by atoms with E-state index in [4.69, 9.17) is 0 Å². The third kappa shape index (κ3) is 14.4. The molecule has 0 fully saturated rings. The highest BCUT2D eigenvalue weighted by Gasteiger charge is 2.40. The smallest absolute Gasteiger partial charge is 0.268 e. The molecule has 0 saturated carbocycles. The fourth-order valence-corrected chi connectivity index (χ4v) is 13.7. The van der Waals surface area contributed by atoms with Crippen molar-refractivity contribution in [3.8, 4) is 0 Å². The number of aryl methyl sites for hydroxylation is 4. The Kier molecular flexibility index (Phi) is 21.3. The third-order valence-electron chi connectivity index (χ3n) is 16.4. The summed E-state index contributed by atoms with van der Waals surface area (Å²) in [6.45, 7) is 11.4. The van der Waals surface area contributed by atoms with Crippen molar-refractivity contribution in [2.24, 2.45) is 0 Å². The molecular weight excluding hydrogens is 1230 g/mol. The summed E-state index contributed by atoms with van der Waals surface area (Å²) in [7, 11) is -11.6. The summed E-state index contributed by atoms with van der Waals surface area (Å²) in [6.07, 6.45) is 10.7. The summed E-state index contributed by atoms with van der Waals surface area (Å²) in [6, 6.07) is 31.9. The van der Waals surface area contributed by atoms with Crippen LogP contribution in [0.1, 0.15) is 130 Å². The largest absolute Gasteiger partial charge is 0.871 e. The number of nitrogens with one attached hydrogen (secondary N) is 2. The molecule has 2 aliphatic rings. The van der Waals surface area contributed by atoms with Gasteiger partial charge >= 0.3 is 0 Å². The number of carbonyl (C=O) groups excluding carboxylic acids is 1. The molecule has 0 atom stereocenters. The van der Waals surface area contributed by atoms with Gasteiger partial charge in [0.15, 0.2) is 62.1 Å². The maximum atomic E-state index is 16.3. The summed E-state index contributed by atoms with van der Waals surface area (Å²) in [5.41, 5.74) is -0.296. The van der Waals surface area contributed by atoms with E-state index in [-0.39, 0.29) is 24.2 Å². The van der Waals surface area contributed by atoms with Crippen LogP contribution >= 0.6 is 0 Å². The zero-order valence-electron chi connectivity index (χ0n) is 51.8. The molecule has 7 aromatic carbocycles. The molecule has 0 aromatic heterocycles. The van der Waals surface area contributed by atoms with Gasteiger partial charge in [-0.05, 0) is 95.9 Å². The Balaban J connectivity index is 1.22. The fourth-order valence-electron chi connectivity index (χ4n) is 11.3. The van der Waals surface area contributed by atoms with E-state index in [1.807, 2.05) is 51.0 Å². The van der Waals surface area contributed by atoms with Crippen molar-refractivity contribution in [2.45, 2.75) is 141 Å². The maximum absolute atomic E-state index is 16.3. The number of nitrogens with zero attached hydrogens (tertiary/aromatic N) is 2. The van der Waals surface area contributed by atoms with Crippen LogP contribution in [0.3, 0.4) is 0 Å². The number of benzene rings is 7. The van der Waals surface area contributed by atoms with Crippen LogP contribution in [0, 0.1) is 74.2 Å². The van der Waals surface area contributed by atoms with Gasteiger partial charge in [0.1, 0.15) is 0 Å². The van der Waals surface area contributed by atoms with Crippen molar-refractivity contribution in [1.82, 2.24) is 9.30 Å². The Morgan fingerprint density at radius 3 is 1.25 bits per heavy atom. The van der Waals surface area contributed by atoms with Gasteiger partial charge < -0.3 is 10.0 Å². The number of ketones is 1. The highest BCUT2D eigenvalue weighted by molar-refractivity contribution is 7.92. The van der Waals surface area contributed by atoms with E-state index >= 15 is 45.0 Å². The normalized spacial score (nSPS) is 14.2. The zero-order chi connectivity index (χ0) is 66.3. The molecule has 482 valence electrons. The standard InChI is InChI=1S/C72H70F8N4O6S2/c1-7-9-11-13-15-17-19-55-61(73)65(77)71(66(78)62(55)74)91(87,88)81-57-41-51(83(47-29-21-43(3)22-30-47)48-31-23-44(4)24-32-48)37-39-53(57)59-69(85)60(70(59)86)54-40-38-52(84(49-33-25-45(5)26-34-49)50-35-27-46(6)28-36-50)42-58(54)82-92(89,90)72-67(79)63(75)56(64(76)68(72)80)20-18-16-14-12-10-8-2/h21-42H,7-20H2,1-6H3,(H2,81,82,85,86).